The Morgan fingerprint density at radius 3 is 2.55 bits per heavy atom. The maximum atomic E-state index is 11.0. The van der Waals surface area contributed by atoms with Crippen molar-refractivity contribution >= 4 is 29.8 Å². The summed E-state index contributed by atoms with van der Waals surface area (Å²) in [6.07, 6.45) is 0. The van der Waals surface area contributed by atoms with E-state index in [-0.39, 0.29) is 25.1 Å². The fraction of sp³-hybridized carbons (Fsp3) is 0. The molecule has 1 heterocycles. The first-order chi connectivity index (χ1) is 9.69. The Hall–Kier alpha value is -2.41. The second kappa shape index (κ2) is 4.93. The number of benzene rings is 2. The average Bonchev–Trinajstić information content (AvgIpc) is 2.90. The molecule has 3 rings (SSSR count). The maximum absolute atomic E-state index is 11.0. The summed E-state index contributed by atoms with van der Waals surface area (Å²) >= 11 is 0.0650. The molecule has 0 amide bonds. The Balaban J connectivity index is 2.15. The average molecular weight is 327 g/mol. The van der Waals surface area contributed by atoms with Crippen LogP contribution in [0.15, 0.2) is 48.5 Å². The molecular weight excluding hydrogens is 319 g/mol. The van der Waals surface area contributed by atoms with Gasteiger partial charge in [0.1, 0.15) is 0 Å². The summed E-state index contributed by atoms with van der Waals surface area (Å²) in [6, 6.07) is 16.5. The number of nitrogens with zero attached hydrogens (tertiary/aromatic N) is 2. The Morgan fingerprint density at radius 2 is 1.90 bits per heavy atom. The van der Waals surface area contributed by atoms with Gasteiger partial charge >= 0.3 is 120 Å². The van der Waals surface area contributed by atoms with Gasteiger partial charge in [0, 0.05) is 0 Å². The Bertz CT molecular complexity index is 844. The zero-order valence-electron chi connectivity index (χ0n) is 10.2. The van der Waals surface area contributed by atoms with Crippen molar-refractivity contribution in [3.63, 3.8) is 0 Å². The number of nitriles is 1. The molecule has 4 nitrogen and oxygen atoms in total. The molecule has 2 aromatic carbocycles. The molecule has 0 aliphatic heterocycles. The van der Waals surface area contributed by atoms with Crippen LogP contribution in [0, 0.1) is 21.4 Å². The van der Waals surface area contributed by atoms with Gasteiger partial charge in [-0.05, 0) is 0 Å². The van der Waals surface area contributed by atoms with Gasteiger partial charge in [0.15, 0.2) is 0 Å². The number of non-ortho nitro benzene ring substituents is 1. The molecule has 0 aliphatic carbocycles. The molecule has 0 N–H and O–H groups in total. The first kappa shape index (κ1) is 12.6. The minimum absolute atomic E-state index is 0.0650. The third-order valence-corrected chi connectivity index (χ3v) is 5.45. The molecule has 0 fully saturated rings. The molecule has 0 bridgehead atoms. The Kier molecular flexibility index (Phi) is 3.11. The van der Waals surface area contributed by atoms with E-state index in [0.29, 0.717) is 5.56 Å². The van der Waals surface area contributed by atoms with Crippen LogP contribution < -0.4 is 0 Å². The van der Waals surface area contributed by atoms with Crippen molar-refractivity contribution in [3.8, 4) is 16.1 Å². The van der Waals surface area contributed by atoms with Gasteiger partial charge in [-0.2, -0.15) is 0 Å². The van der Waals surface area contributed by atoms with Gasteiger partial charge in [-0.1, -0.05) is 0 Å². The van der Waals surface area contributed by atoms with Crippen LogP contribution in [0.5, 0.6) is 0 Å². The number of nitro groups is 1. The number of fused-ring (bicyclic) bond motifs is 1. The van der Waals surface area contributed by atoms with E-state index in [9.17, 15) is 10.1 Å². The normalized spacial score (nSPS) is 10.3. The summed E-state index contributed by atoms with van der Waals surface area (Å²) in [5, 5.41) is 20.6. The summed E-state index contributed by atoms with van der Waals surface area (Å²) in [6.45, 7) is 0. The van der Waals surface area contributed by atoms with Gasteiger partial charge in [-0.3, -0.25) is 0 Å². The van der Waals surface area contributed by atoms with Crippen LogP contribution in [-0.4, -0.2) is 19.4 Å². The molecule has 5 heteroatoms. The van der Waals surface area contributed by atoms with E-state index >= 15 is 0 Å². The van der Waals surface area contributed by atoms with Crippen molar-refractivity contribution in [2.24, 2.45) is 0 Å². The van der Waals surface area contributed by atoms with Crippen molar-refractivity contribution < 1.29 is 4.92 Å². The number of rotatable bonds is 2. The molecule has 0 radical (unpaired) electrons. The van der Waals surface area contributed by atoms with Crippen molar-refractivity contribution in [2.45, 2.75) is 0 Å². The third kappa shape index (κ3) is 2.12. The van der Waals surface area contributed by atoms with Crippen LogP contribution in [0.2, 0.25) is 0 Å². The van der Waals surface area contributed by atoms with Crippen LogP contribution >= 0.6 is 0 Å². The van der Waals surface area contributed by atoms with Gasteiger partial charge in [0.2, 0.25) is 0 Å². The summed E-state index contributed by atoms with van der Waals surface area (Å²) in [5.74, 6) is 0. The zero-order chi connectivity index (χ0) is 14.1. The van der Waals surface area contributed by atoms with Crippen molar-refractivity contribution in [2.75, 3.05) is 0 Å². The van der Waals surface area contributed by atoms with E-state index in [2.05, 4.69) is 6.07 Å². The van der Waals surface area contributed by atoms with E-state index in [1.165, 1.54) is 6.07 Å². The SMILES string of the molecule is N#Cc1ccc(-c2cc3c([N+](=O)[O-])cccc3[se]2)cc1. The standard InChI is InChI=1S/C15H8N2O2Se/c16-9-10-4-6-11(7-5-10)15-8-12-13(17(18)19)2-1-3-14(12)20-15/h1-8H. The molecule has 20 heavy (non-hydrogen) atoms. The van der Waals surface area contributed by atoms with Crippen LogP contribution in [-0.2, 0) is 0 Å². The molecule has 96 valence electrons. The topological polar surface area (TPSA) is 66.9 Å². The van der Waals surface area contributed by atoms with Crippen molar-refractivity contribution in [3.05, 3.63) is 64.2 Å². The first-order valence-corrected chi connectivity index (χ1v) is 7.58. The molecule has 0 aliphatic rings. The molecular formula is C15H8N2O2Se. The summed E-state index contributed by atoms with van der Waals surface area (Å²) in [5.41, 5.74) is 1.80. The zero-order valence-corrected chi connectivity index (χ0v) is 12.0. The fourth-order valence-electron chi connectivity index (χ4n) is 2.06. The van der Waals surface area contributed by atoms with E-state index < -0.39 is 0 Å². The molecule has 0 spiro atoms. The molecule has 1 aromatic heterocycles. The van der Waals surface area contributed by atoms with Crippen LogP contribution in [0.3, 0.4) is 0 Å². The predicted molar refractivity (Wildman–Crippen MR) is 77.7 cm³/mol. The number of hydrogen-bond acceptors (Lipinski definition) is 3. The van der Waals surface area contributed by atoms with Gasteiger partial charge in [0.25, 0.3) is 0 Å². The van der Waals surface area contributed by atoms with Gasteiger partial charge < -0.3 is 0 Å². The summed E-state index contributed by atoms with van der Waals surface area (Å²) < 4.78 is 2.14. The predicted octanol–water partition coefficient (Wildman–Crippen LogP) is 3.34. The molecule has 3 aromatic rings. The van der Waals surface area contributed by atoms with Crippen molar-refractivity contribution in [1.82, 2.24) is 0 Å². The second-order valence-corrected chi connectivity index (χ2v) is 6.52. The van der Waals surface area contributed by atoms with Gasteiger partial charge in [-0.15, -0.1) is 0 Å². The van der Waals surface area contributed by atoms with Crippen LogP contribution in [0.1, 0.15) is 5.56 Å². The van der Waals surface area contributed by atoms with E-state index in [1.807, 2.05) is 24.3 Å². The fourth-order valence-corrected chi connectivity index (χ4v) is 4.34. The third-order valence-electron chi connectivity index (χ3n) is 3.03. The summed E-state index contributed by atoms with van der Waals surface area (Å²) in [4.78, 5) is 10.7. The molecule has 0 saturated heterocycles. The van der Waals surface area contributed by atoms with Crippen LogP contribution in [0.4, 0.5) is 5.69 Å². The van der Waals surface area contributed by atoms with Gasteiger partial charge in [-0.25, -0.2) is 0 Å². The molecule has 0 saturated carbocycles. The molecule has 0 atom stereocenters. The minimum atomic E-state index is -0.340. The Morgan fingerprint density at radius 1 is 1.15 bits per heavy atom. The molecule has 0 unspecified atom stereocenters. The Labute approximate surface area is 120 Å². The monoisotopic (exact) mass is 328 g/mol. The second-order valence-electron chi connectivity index (χ2n) is 4.25. The van der Waals surface area contributed by atoms with Gasteiger partial charge in [0.05, 0.1) is 0 Å². The van der Waals surface area contributed by atoms with E-state index in [0.717, 1.165) is 19.6 Å². The quantitative estimate of drug-likeness (QED) is 0.412. The number of nitro benzene ring substituents is 1. The van der Waals surface area contributed by atoms with Crippen molar-refractivity contribution in [1.29, 1.82) is 5.26 Å². The van der Waals surface area contributed by atoms with E-state index in [4.69, 9.17) is 5.26 Å². The first-order valence-electron chi connectivity index (χ1n) is 5.86. The van der Waals surface area contributed by atoms with Crippen LogP contribution in [0.25, 0.3) is 19.6 Å². The van der Waals surface area contributed by atoms with E-state index in [1.54, 1.807) is 18.2 Å². The number of hydrogen-bond donors (Lipinski definition) is 0. The summed E-state index contributed by atoms with van der Waals surface area (Å²) in [7, 11) is 0.